The van der Waals surface area contributed by atoms with E-state index < -0.39 is 62.2 Å². The van der Waals surface area contributed by atoms with Crippen LogP contribution < -0.4 is 45.5 Å². The molecule has 0 spiro atoms. The number of carbonyl (C=O) groups excluding carboxylic acids is 6. The Morgan fingerprint density at radius 1 is 0.816 bits per heavy atom. The van der Waals surface area contributed by atoms with Gasteiger partial charge in [-0.2, -0.15) is 0 Å². The van der Waals surface area contributed by atoms with Crippen LogP contribution in [0.15, 0.2) is 54.7 Å². The molecule has 19 nitrogen and oxygen atoms in total. The van der Waals surface area contributed by atoms with Crippen LogP contribution in [0.4, 0.5) is 21.9 Å². The summed E-state index contributed by atoms with van der Waals surface area (Å²) >= 11 is 0. The summed E-state index contributed by atoms with van der Waals surface area (Å²) < 4.78 is 37.4. The van der Waals surface area contributed by atoms with Crippen LogP contribution in [0.5, 0.6) is 23.0 Å². The minimum Gasteiger partial charge on any atom is -0.493 e. The number of nitrogens with one attached hydrogen (secondary N) is 3. The zero-order chi connectivity index (χ0) is 55.6. The van der Waals surface area contributed by atoms with E-state index in [4.69, 9.17) is 33.8 Å². The molecule has 0 aliphatic carbocycles. The molecular weight excluding hydrogens is 991 g/mol. The van der Waals surface area contributed by atoms with Crippen molar-refractivity contribution in [2.75, 3.05) is 49.5 Å². The first-order valence-corrected chi connectivity index (χ1v) is 29.2. The molecule has 5 atom stereocenters. The molecule has 7 rings (SSSR count). The Morgan fingerprint density at radius 3 is 2.03 bits per heavy atom. The predicted octanol–water partition coefficient (Wildman–Crippen LogP) is 8.67. The average molecular weight is 1070 g/mol. The first-order chi connectivity index (χ1) is 35.7. The maximum absolute atomic E-state index is 15.1. The molecule has 0 saturated carbocycles. The number of nitrogens with two attached hydrogens (primary N) is 1. The third kappa shape index (κ3) is 12.4. The van der Waals surface area contributed by atoms with Crippen LogP contribution in [0, 0.1) is 5.92 Å². The number of carbonyl (C=O) groups is 6. The number of fused-ring (bicyclic) bond motifs is 4. The van der Waals surface area contributed by atoms with Gasteiger partial charge in [0, 0.05) is 30.6 Å². The molecule has 4 heterocycles. The van der Waals surface area contributed by atoms with Crippen LogP contribution in [0.3, 0.4) is 0 Å². The molecule has 0 radical (unpaired) electrons. The summed E-state index contributed by atoms with van der Waals surface area (Å²) in [7, 11) is 0.276. The van der Waals surface area contributed by atoms with Crippen molar-refractivity contribution >= 4 is 66.6 Å². The Kier molecular flexibility index (Phi) is 17.2. The van der Waals surface area contributed by atoms with E-state index in [1.165, 1.54) is 19.1 Å². The second-order valence-corrected chi connectivity index (χ2v) is 27.6. The van der Waals surface area contributed by atoms with Gasteiger partial charge in [-0.25, -0.2) is 9.69 Å². The van der Waals surface area contributed by atoms with Crippen LogP contribution in [0.2, 0.25) is 18.1 Å². The largest absolute Gasteiger partial charge is 0.493 e. The lowest BCUT2D eigenvalue weighted by Crippen LogP contribution is -2.58. The van der Waals surface area contributed by atoms with Gasteiger partial charge in [0.25, 0.3) is 11.8 Å². The molecule has 76 heavy (non-hydrogen) atoms. The first-order valence-electron chi connectivity index (χ1n) is 26.3. The Labute approximate surface area is 447 Å². The van der Waals surface area contributed by atoms with Crippen molar-refractivity contribution in [1.82, 2.24) is 15.1 Å². The quantitative estimate of drug-likeness (QED) is 0.0691. The predicted molar refractivity (Wildman–Crippen MR) is 292 cm³/mol. The SMILES string of the molecule is COc1cc2c(cc1OCCCCCOc1cc3c(cc1OC)C(=O)N1C=C(c4ccc(NC(=O)[C@H](C)NC(=O)[C@@H](N)C(C)C)cc4)C[C@H]1[C@H](O[Si](C)(C)C(C)(C)C)N3C(=O)OC(C)(C)C)NC(=O)[C@@H]1CCCN1C2=O. The molecule has 4 aliphatic heterocycles. The Hall–Kier alpha value is -6.64. The molecule has 0 unspecified atom stereocenters. The first kappa shape index (κ1) is 57.1. The van der Waals surface area contributed by atoms with E-state index in [9.17, 15) is 24.0 Å². The van der Waals surface area contributed by atoms with Crippen molar-refractivity contribution in [1.29, 1.82) is 0 Å². The molecule has 0 aromatic heterocycles. The summed E-state index contributed by atoms with van der Waals surface area (Å²) in [5.41, 5.74) is 8.36. The molecule has 1 fully saturated rings. The highest BCUT2D eigenvalue weighted by atomic mass is 28.4. The highest BCUT2D eigenvalue weighted by molar-refractivity contribution is 6.74. The summed E-state index contributed by atoms with van der Waals surface area (Å²) in [4.78, 5) is 86.7. The van der Waals surface area contributed by atoms with Gasteiger partial charge in [0.05, 0.1) is 62.0 Å². The van der Waals surface area contributed by atoms with Gasteiger partial charge in [-0.3, -0.25) is 24.0 Å². The minimum absolute atomic E-state index is 0.0955. The maximum atomic E-state index is 15.1. The van der Waals surface area contributed by atoms with Gasteiger partial charge in [-0.15, -0.1) is 0 Å². The topological polar surface area (TPSA) is 230 Å². The Balaban J connectivity index is 1.11. The lowest BCUT2D eigenvalue weighted by atomic mass is 10.0. The molecule has 3 aromatic carbocycles. The van der Waals surface area contributed by atoms with Crippen molar-refractivity contribution < 1.29 is 56.9 Å². The van der Waals surface area contributed by atoms with Crippen LogP contribution in [0.25, 0.3) is 5.57 Å². The number of hydrogen-bond acceptors (Lipinski definition) is 13. The van der Waals surface area contributed by atoms with Gasteiger partial charge in [-0.1, -0.05) is 46.8 Å². The molecule has 3 aromatic rings. The van der Waals surface area contributed by atoms with Crippen LogP contribution in [-0.2, 0) is 23.5 Å². The van der Waals surface area contributed by atoms with E-state index in [1.807, 2.05) is 26.0 Å². The molecule has 5 N–H and O–H groups in total. The number of unbranched alkanes of at least 4 members (excludes halogenated alkanes) is 2. The maximum Gasteiger partial charge on any atom is 0.417 e. The van der Waals surface area contributed by atoms with Crippen molar-refractivity contribution in [3.05, 3.63) is 71.4 Å². The third-order valence-electron chi connectivity index (χ3n) is 14.7. The second-order valence-electron chi connectivity index (χ2n) is 22.8. The van der Waals surface area contributed by atoms with Gasteiger partial charge in [0.2, 0.25) is 17.7 Å². The summed E-state index contributed by atoms with van der Waals surface area (Å²) in [5, 5.41) is 8.15. The summed E-state index contributed by atoms with van der Waals surface area (Å²) in [6.07, 6.45) is 3.74. The normalized spacial score (nSPS) is 19.2. The molecule has 1 saturated heterocycles. The minimum atomic E-state index is -2.72. The molecule has 412 valence electrons. The fourth-order valence-electron chi connectivity index (χ4n) is 9.25. The fraction of sp³-hybridized carbons (Fsp3) is 0.536. The van der Waals surface area contributed by atoms with Gasteiger partial charge in [0.15, 0.2) is 37.5 Å². The molecule has 20 heteroatoms. The van der Waals surface area contributed by atoms with Gasteiger partial charge < -0.3 is 59.6 Å². The lowest BCUT2D eigenvalue weighted by Gasteiger charge is -2.44. The summed E-state index contributed by atoms with van der Waals surface area (Å²) in [6, 6.07) is 11.0. The van der Waals surface area contributed by atoms with Crippen molar-refractivity contribution in [3.8, 4) is 23.0 Å². The lowest BCUT2D eigenvalue weighted by molar-refractivity contribution is -0.127. The van der Waals surface area contributed by atoms with Gasteiger partial charge in [-0.05, 0) is 126 Å². The number of ether oxygens (including phenoxy) is 5. The van der Waals surface area contributed by atoms with E-state index in [0.717, 1.165) is 17.6 Å². The molecule has 0 bridgehead atoms. The summed E-state index contributed by atoms with van der Waals surface area (Å²) in [5.74, 6) is -0.310. The standard InChI is InChI=1S/C56H77N7O12Si/c1-32(2)47(57)50(66)58-33(3)48(64)59-36-21-19-34(20-22-36)35-26-42-53(75-76(12,13)56(7,8)9)63(54(69)74-55(4,5)6)41-30-46(44(71-11)28-38(41)52(68)62(42)31-35)73-25-16-14-15-24-72-45-29-39-37(27-43(45)70-10)51(67)61-23-17-18-40(61)49(65)60-39/h19-22,27-33,40,42,47,53H,14-18,23-26,57H2,1-13H3,(H,58,66)(H,59,64)(H,60,65)/t33-,40-,42-,47-,53-/m0/s1. The van der Waals surface area contributed by atoms with E-state index >= 15 is 4.79 Å². The Bertz CT molecular complexity index is 2730. The third-order valence-corrected chi connectivity index (χ3v) is 19.1. The number of nitrogens with zero attached hydrogens (tertiary/aromatic N) is 3. The fourth-order valence-corrected chi connectivity index (χ4v) is 10.5. The highest BCUT2D eigenvalue weighted by Gasteiger charge is 2.51. The van der Waals surface area contributed by atoms with E-state index in [1.54, 1.807) is 80.1 Å². The smallest absolute Gasteiger partial charge is 0.417 e. The second kappa shape index (κ2) is 22.9. The van der Waals surface area contributed by atoms with E-state index in [2.05, 4.69) is 49.8 Å². The van der Waals surface area contributed by atoms with E-state index in [0.29, 0.717) is 85.2 Å². The van der Waals surface area contributed by atoms with Crippen molar-refractivity contribution in [3.63, 3.8) is 0 Å². The number of amides is 6. The number of hydrogen-bond donors (Lipinski definition) is 4. The zero-order valence-electron chi connectivity index (χ0n) is 46.3. The number of benzene rings is 3. The van der Waals surface area contributed by atoms with Crippen LogP contribution in [0.1, 0.15) is 127 Å². The highest BCUT2D eigenvalue weighted by Crippen LogP contribution is 2.47. The molecule has 6 amide bonds. The zero-order valence-corrected chi connectivity index (χ0v) is 47.3. The van der Waals surface area contributed by atoms with Crippen LogP contribution in [-0.4, -0.2) is 124 Å². The molecular formula is C56H77N7O12Si. The van der Waals surface area contributed by atoms with Crippen molar-refractivity contribution in [2.24, 2.45) is 11.7 Å². The monoisotopic (exact) mass is 1070 g/mol. The average Bonchev–Trinajstić information content (AvgIpc) is 4.01. The number of anilines is 3. The Morgan fingerprint density at radius 2 is 1.43 bits per heavy atom. The molecule has 4 aliphatic rings. The van der Waals surface area contributed by atoms with E-state index in [-0.39, 0.29) is 46.5 Å². The van der Waals surface area contributed by atoms with Crippen molar-refractivity contribution in [2.45, 2.75) is 155 Å². The number of methoxy groups -OCH3 is 2. The summed E-state index contributed by atoms with van der Waals surface area (Å²) in [6.45, 7) is 22.3. The number of rotatable bonds is 18. The van der Waals surface area contributed by atoms with Gasteiger partial charge >= 0.3 is 6.09 Å². The van der Waals surface area contributed by atoms with Gasteiger partial charge in [0.1, 0.15) is 17.7 Å². The van der Waals surface area contributed by atoms with Crippen LogP contribution >= 0.6 is 0 Å².